The molecule has 0 radical (unpaired) electrons. The van der Waals surface area contributed by atoms with Crippen molar-refractivity contribution in [3.05, 3.63) is 0 Å². The fourth-order valence-corrected chi connectivity index (χ4v) is 2.02. The highest BCUT2D eigenvalue weighted by atomic mass is 16.6. The highest BCUT2D eigenvalue weighted by Gasteiger charge is 2.65. The number of hydrogen-bond donors (Lipinski definition) is 5. The lowest BCUT2D eigenvalue weighted by molar-refractivity contribution is -0.241. The van der Waals surface area contributed by atoms with E-state index in [1.54, 1.807) is 0 Å². The second-order valence-electron chi connectivity index (χ2n) is 4.03. The SMILES string of the molecule is N[C@H]1C[C@@]12O[C@H](CO)[C@@H](O)[C@H](O)[C@H]2O. The highest BCUT2D eigenvalue weighted by molar-refractivity contribution is 5.19. The van der Waals surface area contributed by atoms with Gasteiger partial charge in [0.2, 0.25) is 0 Å². The van der Waals surface area contributed by atoms with E-state index in [9.17, 15) is 15.3 Å². The maximum absolute atomic E-state index is 9.63. The molecule has 0 bridgehead atoms. The molecule has 1 spiro atoms. The molecule has 1 aliphatic heterocycles. The molecule has 1 saturated heterocycles. The van der Waals surface area contributed by atoms with Crippen molar-refractivity contribution in [2.45, 2.75) is 42.5 Å². The summed E-state index contributed by atoms with van der Waals surface area (Å²) in [6.45, 7) is -0.403. The molecule has 1 saturated carbocycles. The van der Waals surface area contributed by atoms with Crippen LogP contribution in [0.15, 0.2) is 0 Å². The molecule has 6 heteroatoms. The van der Waals surface area contributed by atoms with E-state index in [0.29, 0.717) is 6.42 Å². The van der Waals surface area contributed by atoms with Crippen LogP contribution in [0.3, 0.4) is 0 Å². The first-order chi connectivity index (χ1) is 6.53. The summed E-state index contributed by atoms with van der Waals surface area (Å²) in [5, 5.41) is 37.4. The smallest absolute Gasteiger partial charge is 0.114 e. The highest BCUT2D eigenvalue weighted by Crippen LogP contribution is 2.47. The molecule has 1 heterocycles. The lowest BCUT2D eigenvalue weighted by Crippen LogP contribution is -2.61. The Bertz CT molecular complexity index is 236. The number of aliphatic hydroxyl groups excluding tert-OH is 4. The minimum absolute atomic E-state index is 0.339. The predicted octanol–water partition coefficient (Wildman–Crippen LogP) is -3.07. The molecule has 2 aliphatic rings. The number of aliphatic hydroxyl groups is 4. The molecule has 6 atom stereocenters. The Balaban J connectivity index is 2.16. The molecule has 1 aliphatic carbocycles. The van der Waals surface area contributed by atoms with Crippen LogP contribution in [0.4, 0.5) is 0 Å². The lowest BCUT2D eigenvalue weighted by Gasteiger charge is -2.41. The summed E-state index contributed by atoms with van der Waals surface area (Å²) < 4.78 is 5.31. The number of rotatable bonds is 1. The maximum Gasteiger partial charge on any atom is 0.114 e. The first kappa shape index (κ1) is 10.3. The Morgan fingerprint density at radius 3 is 2.29 bits per heavy atom. The summed E-state index contributed by atoms with van der Waals surface area (Å²) in [5.41, 5.74) is 4.62. The zero-order chi connectivity index (χ0) is 10.5. The van der Waals surface area contributed by atoms with Crippen LogP contribution in [0.25, 0.3) is 0 Å². The van der Waals surface area contributed by atoms with Gasteiger partial charge < -0.3 is 30.9 Å². The monoisotopic (exact) mass is 205 g/mol. The Kier molecular flexibility index (Phi) is 2.30. The number of ether oxygens (including phenoxy) is 1. The normalized spacial score (nSPS) is 57.6. The Morgan fingerprint density at radius 2 is 1.86 bits per heavy atom. The minimum Gasteiger partial charge on any atom is -0.394 e. The summed E-state index contributed by atoms with van der Waals surface area (Å²) in [5.74, 6) is 0. The molecule has 0 unspecified atom stereocenters. The van der Waals surface area contributed by atoms with Gasteiger partial charge in [0.05, 0.1) is 6.61 Å². The molecule has 0 aromatic carbocycles. The van der Waals surface area contributed by atoms with Crippen LogP contribution >= 0.6 is 0 Å². The van der Waals surface area contributed by atoms with Gasteiger partial charge in [0.1, 0.15) is 30.0 Å². The molecule has 0 aromatic heterocycles. The molecule has 0 aromatic rings. The molecule has 14 heavy (non-hydrogen) atoms. The van der Waals surface area contributed by atoms with Gasteiger partial charge in [-0.05, 0) is 6.42 Å². The predicted molar refractivity (Wildman–Crippen MR) is 45.3 cm³/mol. The fraction of sp³-hybridized carbons (Fsp3) is 1.00. The maximum atomic E-state index is 9.63. The van der Waals surface area contributed by atoms with Gasteiger partial charge in [-0.2, -0.15) is 0 Å². The van der Waals surface area contributed by atoms with Crippen molar-refractivity contribution >= 4 is 0 Å². The zero-order valence-corrected chi connectivity index (χ0v) is 7.58. The van der Waals surface area contributed by atoms with Crippen molar-refractivity contribution in [1.29, 1.82) is 0 Å². The second kappa shape index (κ2) is 3.13. The molecular formula is C8H15NO5. The molecule has 6 N–H and O–H groups in total. The van der Waals surface area contributed by atoms with Crippen LogP contribution in [0.5, 0.6) is 0 Å². The van der Waals surface area contributed by atoms with Crippen LogP contribution in [-0.4, -0.2) is 63.1 Å². The van der Waals surface area contributed by atoms with Gasteiger partial charge in [-0.15, -0.1) is 0 Å². The largest absolute Gasteiger partial charge is 0.394 e. The van der Waals surface area contributed by atoms with Crippen molar-refractivity contribution in [2.75, 3.05) is 6.61 Å². The summed E-state index contributed by atoms with van der Waals surface area (Å²) in [4.78, 5) is 0. The van der Waals surface area contributed by atoms with E-state index in [0.717, 1.165) is 0 Å². The summed E-state index contributed by atoms with van der Waals surface area (Å²) in [7, 11) is 0. The Hall–Kier alpha value is -0.240. The lowest BCUT2D eigenvalue weighted by atomic mass is 9.93. The summed E-state index contributed by atoms with van der Waals surface area (Å²) in [6.07, 6.45) is -4.20. The van der Waals surface area contributed by atoms with Crippen LogP contribution < -0.4 is 5.73 Å². The van der Waals surface area contributed by atoms with Crippen LogP contribution in [-0.2, 0) is 4.74 Å². The summed E-state index contributed by atoms with van der Waals surface area (Å²) in [6, 6.07) is -0.339. The van der Waals surface area contributed by atoms with Gasteiger partial charge in [0.25, 0.3) is 0 Å². The van der Waals surface area contributed by atoms with E-state index in [1.807, 2.05) is 0 Å². The second-order valence-corrected chi connectivity index (χ2v) is 4.03. The van der Waals surface area contributed by atoms with Gasteiger partial charge >= 0.3 is 0 Å². The number of hydrogen-bond acceptors (Lipinski definition) is 6. The van der Waals surface area contributed by atoms with E-state index in [-0.39, 0.29) is 6.04 Å². The minimum atomic E-state index is -1.31. The van der Waals surface area contributed by atoms with E-state index in [4.69, 9.17) is 15.6 Å². The molecule has 2 rings (SSSR count). The zero-order valence-electron chi connectivity index (χ0n) is 7.58. The van der Waals surface area contributed by atoms with Gasteiger partial charge in [0, 0.05) is 6.04 Å². The molecule has 82 valence electrons. The third-order valence-corrected chi connectivity index (χ3v) is 3.11. The Morgan fingerprint density at radius 1 is 1.29 bits per heavy atom. The van der Waals surface area contributed by atoms with Gasteiger partial charge in [-0.1, -0.05) is 0 Å². The quantitative estimate of drug-likeness (QED) is 0.310. The molecule has 6 nitrogen and oxygen atoms in total. The Labute approximate surface area is 80.9 Å². The van der Waals surface area contributed by atoms with Crippen LogP contribution in [0.1, 0.15) is 6.42 Å². The van der Waals surface area contributed by atoms with Crippen LogP contribution in [0, 0.1) is 0 Å². The van der Waals surface area contributed by atoms with Gasteiger partial charge in [-0.3, -0.25) is 0 Å². The van der Waals surface area contributed by atoms with Crippen molar-refractivity contribution in [3.63, 3.8) is 0 Å². The summed E-state index contributed by atoms with van der Waals surface area (Å²) >= 11 is 0. The average Bonchev–Trinajstić information content (AvgIpc) is 2.81. The average molecular weight is 205 g/mol. The van der Waals surface area contributed by atoms with E-state index in [2.05, 4.69) is 0 Å². The fourth-order valence-electron chi connectivity index (χ4n) is 2.02. The van der Waals surface area contributed by atoms with Crippen LogP contribution in [0.2, 0.25) is 0 Å². The first-order valence-electron chi connectivity index (χ1n) is 4.61. The number of nitrogens with two attached hydrogens (primary N) is 1. The van der Waals surface area contributed by atoms with Crippen molar-refractivity contribution < 1.29 is 25.2 Å². The van der Waals surface area contributed by atoms with E-state index in [1.165, 1.54) is 0 Å². The van der Waals surface area contributed by atoms with E-state index >= 15 is 0 Å². The standard InChI is InChI=1S/C8H15NO5/c9-4-1-8(4)7(13)6(12)5(11)3(2-10)14-8/h3-7,10-13H,1-2,9H2/t3-,4+,5-,6+,7-,8-/m1/s1. The van der Waals surface area contributed by atoms with Gasteiger partial charge in [-0.25, -0.2) is 0 Å². The molecule has 2 fully saturated rings. The van der Waals surface area contributed by atoms with Crippen molar-refractivity contribution in [1.82, 2.24) is 0 Å². The van der Waals surface area contributed by atoms with Gasteiger partial charge in [0.15, 0.2) is 0 Å². The third kappa shape index (κ3) is 1.19. The van der Waals surface area contributed by atoms with E-state index < -0.39 is 36.6 Å². The van der Waals surface area contributed by atoms with Crippen molar-refractivity contribution in [2.24, 2.45) is 5.73 Å². The third-order valence-electron chi connectivity index (χ3n) is 3.11. The molecular weight excluding hydrogens is 190 g/mol. The molecule has 0 amide bonds. The first-order valence-corrected chi connectivity index (χ1v) is 4.61. The van der Waals surface area contributed by atoms with Crippen molar-refractivity contribution in [3.8, 4) is 0 Å². The topological polar surface area (TPSA) is 116 Å².